The Morgan fingerprint density at radius 2 is 1.15 bits per heavy atom. The van der Waals surface area contributed by atoms with E-state index < -0.39 is 0 Å². The first-order valence-electron chi connectivity index (χ1n) is 11.1. The summed E-state index contributed by atoms with van der Waals surface area (Å²) in [6, 6.07) is 32.7. The molecule has 0 unspecified atom stereocenters. The van der Waals surface area contributed by atoms with Crippen molar-refractivity contribution in [2.75, 3.05) is 17.2 Å². The Labute approximate surface area is 236 Å². The quantitative estimate of drug-likeness (QED) is 0.180. The molecule has 0 spiro atoms. The number of nitrogens with one attached hydrogen (secondary N) is 3. The molecule has 33 heavy (non-hydrogen) atoms. The van der Waals surface area contributed by atoms with Crippen LogP contribution in [0, 0.1) is 53.8 Å². The Kier molecular flexibility index (Phi) is 9.80. The van der Waals surface area contributed by atoms with Crippen LogP contribution in [0.5, 0.6) is 0 Å². The van der Waals surface area contributed by atoms with E-state index in [9.17, 15) is 0 Å². The molecule has 174 valence electrons. The van der Waals surface area contributed by atoms with Crippen LogP contribution in [-0.2, 0) is 12.8 Å². The minimum absolute atomic E-state index is 0. The van der Waals surface area contributed by atoms with Gasteiger partial charge in [0, 0.05) is 30.0 Å². The van der Waals surface area contributed by atoms with E-state index in [1.807, 2.05) is 18.2 Å². The third-order valence-corrected chi connectivity index (χ3v) is 5.66. The van der Waals surface area contributed by atoms with Crippen molar-refractivity contribution in [3.8, 4) is 0 Å². The molecule has 0 saturated heterocycles. The van der Waals surface area contributed by atoms with Gasteiger partial charge in [-0.05, 0) is 47.7 Å². The summed E-state index contributed by atoms with van der Waals surface area (Å²) in [7, 11) is 0. The normalized spacial score (nSPS) is 12.2. The number of anilines is 3. The molecule has 4 aromatic carbocycles. The monoisotopic (exact) mass is 593 g/mol. The molecule has 4 aromatic rings. The smallest absolute Gasteiger partial charge is 0.756 e. The Morgan fingerprint density at radius 3 is 1.70 bits per heavy atom. The van der Waals surface area contributed by atoms with Gasteiger partial charge in [-0.1, -0.05) is 60.7 Å². The first kappa shape index (κ1) is 25.3. The van der Waals surface area contributed by atoms with Gasteiger partial charge in [0.1, 0.15) is 0 Å². The molecule has 2 aliphatic heterocycles. The second-order valence-corrected chi connectivity index (χ2v) is 7.96. The molecule has 2 aliphatic rings. The summed E-state index contributed by atoms with van der Waals surface area (Å²) < 4.78 is 0. The number of para-hydroxylation sites is 3. The third-order valence-electron chi connectivity index (χ3n) is 5.66. The van der Waals surface area contributed by atoms with Crippen LogP contribution < -0.4 is 10.6 Å². The van der Waals surface area contributed by atoms with Gasteiger partial charge < -0.3 is 16.4 Å². The van der Waals surface area contributed by atoms with E-state index in [4.69, 9.17) is 5.73 Å². The first-order chi connectivity index (χ1) is 15.7. The summed E-state index contributed by atoms with van der Waals surface area (Å²) >= 11 is 0. The van der Waals surface area contributed by atoms with Crippen molar-refractivity contribution in [3.05, 3.63) is 132 Å². The second kappa shape index (κ2) is 12.8. The number of benzene rings is 4. The Hall–Kier alpha value is -2.33. The predicted octanol–water partition coefficient (Wildman–Crippen LogP) is 7.93. The number of aryl methyl sites for hydroxylation is 1. The summed E-state index contributed by atoms with van der Waals surface area (Å²) in [4.78, 5) is 0. The summed E-state index contributed by atoms with van der Waals surface area (Å²) in [5.41, 5.74) is 16.5. The third kappa shape index (κ3) is 7.07. The topological polar surface area (TPSA) is 47.9 Å². The SMILES string of the molecule is [CH2-]c1ccccc1[NH-].[Yb+2].c1ccc2c(c1)CCCN2.c1ccc2c(c1)Cc1ccccc1N2. The van der Waals surface area contributed by atoms with E-state index in [-0.39, 0.29) is 46.9 Å². The minimum Gasteiger partial charge on any atom is -0.756 e. The number of hydrogen-bond acceptors (Lipinski definition) is 2. The summed E-state index contributed by atoms with van der Waals surface area (Å²) in [6.07, 6.45) is 3.56. The van der Waals surface area contributed by atoms with Gasteiger partial charge >= 0.3 is 46.9 Å². The van der Waals surface area contributed by atoms with Crippen molar-refractivity contribution in [2.24, 2.45) is 0 Å². The average Bonchev–Trinajstić information content (AvgIpc) is 2.85. The molecule has 3 nitrogen and oxygen atoms in total. The van der Waals surface area contributed by atoms with Gasteiger partial charge in [0.2, 0.25) is 0 Å². The maximum absolute atomic E-state index is 7.16. The maximum atomic E-state index is 7.16. The van der Waals surface area contributed by atoms with E-state index in [1.165, 1.54) is 46.6 Å². The average molecular weight is 593 g/mol. The predicted molar refractivity (Wildman–Crippen MR) is 137 cm³/mol. The van der Waals surface area contributed by atoms with Crippen LogP contribution in [0.1, 0.15) is 28.7 Å². The van der Waals surface area contributed by atoms with Crippen molar-refractivity contribution >= 4 is 22.7 Å². The molecular weight excluding hydrogens is 563 g/mol. The fourth-order valence-corrected chi connectivity index (χ4v) is 3.88. The Bertz CT molecular complexity index is 1040. The first-order valence-corrected chi connectivity index (χ1v) is 11.1. The molecule has 2 heterocycles. The molecule has 0 bridgehead atoms. The summed E-state index contributed by atoms with van der Waals surface area (Å²) in [5, 5.41) is 6.80. The second-order valence-electron chi connectivity index (χ2n) is 7.96. The van der Waals surface area contributed by atoms with E-state index in [2.05, 4.69) is 90.4 Å². The zero-order chi connectivity index (χ0) is 22.2. The van der Waals surface area contributed by atoms with Crippen LogP contribution in [0.25, 0.3) is 5.73 Å². The van der Waals surface area contributed by atoms with Gasteiger partial charge in [0.05, 0.1) is 0 Å². The van der Waals surface area contributed by atoms with E-state index >= 15 is 0 Å². The zero-order valence-electron chi connectivity index (χ0n) is 18.5. The van der Waals surface area contributed by atoms with Crippen LogP contribution in [0.3, 0.4) is 0 Å². The summed E-state index contributed by atoms with van der Waals surface area (Å²) in [5.74, 6) is 0. The standard InChI is InChI=1S/C13H11N.C9H11N.C7H7N.Yb/c1-3-7-12-10(5-1)9-11-6-2-4-8-13(11)14-12;1-2-6-9-8(4-1)5-3-7-10-9;1-6-4-2-3-5-7(6)8;/h1-8,14H,9H2;1-2,4,6,10H,3,5,7H2;2-5,8H,1H2;/q;;-2;+2. The maximum Gasteiger partial charge on any atom is 2.00 e. The molecule has 4 heteroatoms. The number of fused-ring (bicyclic) bond motifs is 3. The molecule has 0 saturated carbocycles. The molecule has 0 atom stereocenters. The molecule has 3 N–H and O–H groups in total. The Morgan fingerprint density at radius 1 is 0.636 bits per heavy atom. The van der Waals surface area contributed by atoms with Crippen molar-refractivity contribution in [3.63, 3.8) is 0 Å². The van der Waals surface area contributed by atoms with Crippen molar-refractivity contribution in [1.29, 1.82) is 0 Å². The van der Waals surface area contributed by atoms with Gasteiger partial charge in [-0.25, -0.2) is 12.5 Å². The fourth-order valence-electron chi connectivity index (χ4n) is 3.88. The van der Waals surface area contributed by atoms with Gasteiger partial charge in [0.15, 0.2) is 0 Å². The molecule has 0 amide bonds. The largest absolute Gasteiger partial charge is 2.00 e. The molecular formula is C29H29N3Yb. The summed E-state index contributed by atoms with van der Waals surface area (Å²) in [6.45, 7) is 4.77. The van der Waals surface area contributed by atoms with Crippen LogP contribution in [0.4, 0.5) is 22.7 Å². The van der Waals surface area contributed by atoms with Crippen molar-refractivity contribution in [2.45, 2.75) is 19.3 Å². The van der Waals surface area contributed by atoms with Crippen molar-refractivity contribution in [1.82, 2.24) is 0 Å². The van der Waals surface area contributed by atoms with Gasteiger partial charge in [-0.15, -0.1) is 12.1 Å². The van der Waals surface area contributed by atoms with Crippen LogP contribution >= 0.6 is 0 Å². The molecule has 0 aromatic heterocycles. The van der Waals surface area contributed by atoms with Gasteiger partial charge in [-0.2, -0.15) is 6.07 Å². The zero-order valence-corrected chi connectivity index (χ0v) is 20.3. The van der Waals surface area contributed by atoms with Gasteiger partial charge in [-0.3, -0.25) is 5.69 Å². The van der Waals surface area contributed by atoms with Crippen LogP contribution in [-0.4, -0.2) is 6.54 Å². The van der Waals surface area contributed by atoms with Crippen LogP contribution in [0.15, 0.2) is 97.1 Å². The van der Waals surface area contributed by atoms with Crippen molar-refractivity contribution < 1.29 is 46.9 Å². The fraction of sp³-hybridized carbons (Fsp3) is 0.138. The number of rotatable bonds is 0. The molecule has 0 aliphatic carbocycles. The molecule has 0 radical (unpaired) electrons. The number of hydrogen-bond donors (Lipinski definition) is 2. The van der Waals surface area contributed by atoms with E-state index in [1.54, 1.807) is 6.07 Å². The van der Waals surface area contributed by atoms with Crippen LogP contribution in [0.2, 0.25) is 0 Å². The minimum atomic E-state index is 0. The molecule has 6 rings (SSSR count). The van der Waals surface area contributed by atoms with Gasteiger partial charge in [0.25, 0.3) is 0 Å². The van der Waals surface area contributed by atoms with E-state index in [0.29, 0.717) is 5.69 Å². The Balaban J connectivity index is 0.000000144. The van der Waals surface area contributed by atoms with E-state index in [0.717, 1.165) is 18.5 Å². The molecule has 0 fully saturated rings.